The van der Waals surface area contributed by atoms with Crippen molar-refractivity contribution < 1.29 is 9.59 Å². The van der Waals surface area contributed by atoms with E-state index >= 15 is 0 Å². The largest absolute Gasteiger partial charge is 0.342 e. The van der Waals surface area contributed by atoms with Gasteiger partial charge in [0.1, 0.15) is 0 Å². The molecule has 2 rings (SSSR count). The minimum Gasteiger partial charge on any atom is -0.342 e. The molecule has 0 atom stereocenters. The fraction of sp³-hybridized carbons (Fsp3) is 0.250. The molecule has 0 unspecified atom stereocenters. The van der Waals surface area contributed by atoms with Crippen molar-refractivity contribution >= 4 is 52.0 Å². The van der Waals surface area contributed by atoms with Gasteiger partial charge in [0.15, 0.2) is 0 Å². The van der Waals surface area contributed by atoms with Crippen molar-refractivity contribution in [2.24, 2.45) is 0 Å². The van der Waals surface area contributed by atoms with E-state index in [4.69, 9.17) is 23.2 Å². The van der Waals surface area contributed by atoms with Gasteiger partial charge in [-0.05, 0) is 43.2 Å². The molecule has 0 bridgehead atoms. The van der Waals surface area contributed by atoms with E-state index in [1.165, 1.54) is 22.3 Å². The smallest absolute Gasteiger partial charge is 0.261 e. The van der Waals surface area contributed by atoms with Gasteiger partial charge in [-0.1, -0.05) is 30.1 Å². The second kappa shape index (κ2) is 7.81. The lowest BCUT2D eigenvalue weighted by atomic mass is 10.2. The summed E-state index contributed by atoms with van der Waals surface area (Å²) in [5.41, 5.74) is 1.55. The van der Waals surface area contributed by atoms with Crippen LogP contribution in [0.25, 0.3) is 0 Å². The van der Waals surface area contributed by atoms with Crippen molar-refractivity contribution in [1.29, 1.82) is 0 Å². The molecule has 1 heterocycles. The Morgan fingerprint density at radius 2 is 1.96 bits per heavy atom. The van der Waals surface area contributed by atoms with Crippen molar-refractivity contribution in [2.75, 3.05) is 11.9 Å². The Hall–Kier alpha value is -1.56. The van der Waals surface area contributed by atoms with Crippen LogP contribution in [0.3, 0.4) is 0 Å². The second-order valence-corrected chi connectivity index (χ2v) is 6.91. The summed E-state index contributed by atoms with van der Waals surface area (Å²) in [6, 6.07) is 6.62. The molecule has 0 radical (unpaired) electrons. The van der Waals surface area contributed by atoms with Crippen molar-refractivity contribution in [2.45, 2.75) is 20.3 Å². The number of halogens is 2. The number of amides is 2. The molecule has 4 nitrogen and oxygen atoms in total. The first-order chi connectivity index (χ1) is 10.9. The molecule has 0 saturated heterocycles. The van der Waals surface area contributed by atoms with Gasteiger partial charge in [-0.15, -0.1) is 11.3 Å². The lowest BCUT2D eigenvalue weighted by Gasteiger charge is -2.08. The Bertz CT molecular complexity index is 744. The van der Waals surface area contributed by atoms with Gasteiger partial charge in [0.25, 0.3) is 5.91 Å². The molecule has 2 aromatic rings. The summed E-state index contributed by atoms with van der Waals surface area (Å²) in [7, 11) is 0. The highest BCUT2D eigenvalue weighted by molar-refractivity contribution is 7.14. The van der Waals surface area contributed by atoms with Gasteiger partial charge in [-0.3, -0.25) is 9.59 Å². The number of rotatable bonds is 5. The molecule has 1 aromatic heterocycles. The minimum absolute atomic E-state index is 0.129. The van der Waals surface area contributed by atoms with Crippen molar-refractivity contribution in [3.05, 3.63) is 49.6 Å². The van der Waals surface area contributed by atoms with Crippen molar-refractivity contribution in [3.8, 4) is 0 Å². The fourth-order valence-corrected chi connectivity index (χ4v) is 3.50. The Morgan fingerprint density at radius 1 is 1.22 bits per heavy atom. The third kappa shape index (κ3) is 4.70. The van der Waals surface area contributed by atoms with Crippen LogP contribution in [0.2, 0.25) is 10.0 Å². The lowest BCUT2D eigenvalue weighted by Crippen LogP contribution is -2.32. The van der Waals surface area contributed by atoms with Gasteiger partial charge in [0.2, 0.25) is 5.91 Å². The Morgan fingerprint density at radius 3 is 2.57 bits per heavy atom. The minimum atomic E-state index is -0.355. The Labute approximate surface area is 148 Å². The zero-order valence-corrected chi connectivity index (χ0v) is 15.0. The summed E-state index contributed by atoms with van der Waals surface area (Å²) in [6.07, 6.45) is 0.888. The average molecular weight is 371 g/mol. The van der Waals surface area contributed by atoms with E-state index in [0.717, 1.165) is 12.0 Å². The van der Waals surface area contributed by atoms with Crippen LogP contribution in [-0.4, -0.2) is 18.4 Å². The van der Waals surface area contributed by atoms with Crippen molar-refractivity contribution in [3.63, 3.8) is 0 Å². The van der Waals surface area contributed by atoms with Gasteiger partial charge in [0, 0.05) is 9.90 Å². The topological polar surface area (TPSA) is 58.2 Å². The predicted octanol–water partition coefficient (Wildman–Crippen LogP) is 4.29. The highest BCUT2D eigenvalue weighted by atomic mass is 35.5. The molecule has 0 spiro atoms. The van der Waals surface area contributed by atoms with Crippen LogP contribution in [0.4, 0.5) is 5.69 Å². The normalized spacial score (nSPS) is 10.4. The number of hydrogen-bond donors (Lipinski definition) is 2. The number of thiophene rings is 1. The third-order valence-electron chi connectivity index (χ3n) is 3.18. The van der Waals surface area contributed by atoms with Gasteiger partial charge in [-0.25, -0.2) is 0 Å². The van der Waals surface area contributed by atoms with E-state index in [2.05, 4.69) is 10.6 Å². The van der Waals surface area contributed by atoms with E-state index < -0.39 is 0 Å². The lowest BCUT2D eigenvalue weighted by molar-refractivity contribution is -0.115. The predicted molar refractivity (Wildman–Crippen MR) is 95.9 cm³/mol. The summed E-state index contributed by atoms with van der Waals surface area (Å²) in [5.74, 6) is -0.610. The first-order valence-electron chi connectivity index (χ1n) is 7.03. The number of aryl methyl sites for hydroxylation is 2. The maximum Gasteiger partial charge on any atom is 0.261 e. The van der Waals surface area contributed by atoms with Gasteiger partial charge in [0.05, 0.1) is 22.1 Å². The molecule has 0 saturated carbocycles. The van der Waals surface area contributed by atoms with Crippen molar-refractivity contribution in [1.82, 2.24) is 5.32 Å². The first kappa shape index (κ1) is 17.8. The quantitative estimate of drug-likeness (QED) is 0.824. The molecule has 122 valence electrons. The van der Waals surface area contributed by atoms with E-state index in [1.807, 2.05) is 19.9 Å². The van der Waals surface area contributed by atoms with Crippen LogP contribution in [-0.2, 0) is 11.2 Å². The van der Waals surface area contributed by atoms with Crippen LogP contribution in [0.15, 0.2) is 24.3 Å². The molecule has 7 heteroatoms. The number of carbonyl (C=O) groups is 2. The maximum absolute atomic E-state index is 12.1. The molecule has 2 amide bonds. The second-order valence-electron chi connectivity index (χ2n) is 4.93. The zero-order valence-electron chi connectivity index (χ0n) is 12.7. The Balaban J connectivity index is 1.91. The number of nitrogens with one attached hydrogen (secondary N) is 2. The van der Waals surface area contributed by atoms with E-state index in [1.54, 1.807) is 12.1 Å². The highest BCUT2D eigenvalue weighted by Crippen LogP contribution is 2.25. The first-order valence-corrected chi connectivity index (χ1v) is 8.60. The van der Waals surface area contributed by atoms with Crippen LogP contribution in [0.1, 0.15) is 27.0 Å². The van der Waals surface area contributed by atoms with Gasteiger partial charge < -0.3 is 10.6 Å². The molecular weight excluding hydrogens is 355 g/mol. The summed E-state index contributed by atoms with van der Waals surface area (Å²) in [6.45, 7) is 3.89. The zero-order chi connectivity index (χ0) is 17.0. The van der Waals surface area contributed by atoms with E-state index in [9.17, 15) is 9.59 Å². The van der Waals surface area contributed by atoms with E-state index in [-0.39, 0.29) is 18.4 Å². The molecule has 0 aliphatic heterocycles. The fourth-order valence-electron chi connectivity index (χ4n) is 2.02. The number of benzene rings is 1. The van der Waals surface area contributed by atoms with Crippen LogP contribution >= 0.6 is 34.5 Å². The standard InChI is InChI=1S/C16H16Cl2N2O2S/c1-3-13-9(2)6-14(23-13)16(22)19-8-15(21)20-12-5-4-10(17)7-11(12)18/h4-7H,3,8H2,1-2H3,(H,19,22)(H,20,21). The molecule has 23 heavy (non-hydrogen) atoms. The monoisotopic (exact) mass is 370 g/mol. The molecule has 2 N–H and O–H groups in total. The number of carbonyl (C=O) groups excluding carboxylic acids is 2. The summed E-state index contributed by atoms with van der Waals surface area (Å²) in [5, 5.41) is 6.07. The summed E-state index contributed by atoms with van der Waals surface area (Å²) in [4.78, 5) is 25.8. The number of anilines is 1. The summed E-state index contributed by atoms with van der Waals surface area (Å²) < 4.78 is 0. The molecule has 0 aliphatic carbocycles. The molecule has 0 aliphatic rings. The van der Waals surface area contributed by atoms with Gasteiger partial charge >= 0.3 is 0 Å². The third-order valence-corrected chi connectivity index (χ3v) is 5.11. The molecule has 1 aromatic carbocycles. The van der Waals surface area contributed by atoms with Crippen LogP contribution < -0.4 is 10.6 Å². The van der Waals surface area contributed by atoms with E-state index in [0.29, 0.717) is 20.6 Å². The summed E-state index contributed by atoms with van der Waals surface area (Å²) >= 11 is 13.2. The number of hydrogen-bond acceptors (Lipinski definition) is 3. The van der Waals surface area contributed by atoms with Crippen LogP contribution in [0, 0.1) is 6.92 Å². The molecule has 0 fully saturated rings. The SMILES string of the molecule is CCc1sc(C(=O)NCC(=O)Nc2ccc(Cl)cc2Cl)cc1C. The Kier molecular flexibility index (Phi) is 6.04. The molecular formula is C16H16Cl2N2O2S. The highest BCUT2D eigenvalue weighted by Gasteiger charge is 2.13. The van der Waals surface area contributed by atoms with Crippen LogP contribution in [0.5, 0.6) is 0 Å². The van der Waals surface area contributed by atoms with Gasteiger partial charge in [-0.2, -0.15) is 0 Å². The average Bonchev–Trinajstić information content (AvgIpc) is 2.89. The maximum atomic E-state index is 12.1.